The quantitative estimate of drug-likeness (QED) is 0.645. The molecule has 0 aliphatic rings. The molecular weight excluding hydrogens is 174 g/mol. The lowest BCUT2D eigenvalue weighted by atomic mass is 10.1. The Labute approximate surface area is 74.7 Å². The maximum Gasteiger partial charge on any atom is 0.211 e. The zero-order valence-corrected chi connectivity index (χ0v) is 8.31. The second-order valence-electron chi connectivity index (χ2n) is 2.87. The van der Waals surface area contributed by atoms with Crippen LogP contribution in [0.25, 0.3) is 0 Å². The molecule has 0 amide bonds. The second kappa shape index (κ2) is 5.32. The summed E-state index contributed by atoms with van der Waals surface area (Å²) >= 11 is 0. The van der Waals surface area contributed by atoms with Crippen LogP contribution >= 0.6 is 0 Å². The minimum atomic E-state index is -3.35. The van der Waals surface area contributed by atoms with Crippen molar-refractivity contribution in [2.75, 3.05) is 0 Å². The van der Waals surface area contributed by atoms with Gasteiger partial charge in [-0.05, 0) is 19.3 Å². The summed E-state index contributed by atoms with van der Waals surface area (Å²) in [4.78, 5) is 0. The molecule has 3 nitrogen and oxygen atoms in total. The minimum Gasteiger partial charge on any atom is -0.228 e. The van der Waals surface area contributed by atoms with Gasteiger partial charge in [-0.25, -0.2) is 13.6 Å². The summed E-state index contributed by atoms with van der Waals surface area (Å²) in [5, 5.41) is 4.66. The van der Waals surface area contributed by atoms with E-state index in [4.69, 9.17) is 5.14 Å². The van der Waals surface area contributed by atoms with Gasteiger partial charge in [0.15, 0.2) is 0 Å². The number of rotatable bonds is 6. The van der Waals surface area contributed by atoms with Gasteiger partial charge in [-0.1, -0.05) is 19.4 Å². The lowest BCUT2D eigenvalue weighted by Crippen LogP contribution is -2.28. The van der Waals surface area contributed by atoms with Crippen molar-refractivity contribution < 1.29 is 8.42 Å². The van der Waals surface area contributed by atoms with Crippen molar-refractivity contribution >= 4 is 10.0 Å². The van der Waals surface area contributed by atoms with Crippen molar-refractivity contribution in [2.45, 2.75) is 37.9 Å². The molecule has 4 heteroatoms. The van der Waals surface area contributed by atoms with Crippen LogP contribution in [0.1, 0.15) is 32.6 Å². The molecule has 0 saturated heterocycles. The molecule has 0 aliphatic heterocycles. The van der Waals surface area contributed by atoms with E-state index in [9.17, 15) is 8.42 Å². The van der Waals surface area contributed by atoms with Crippen LogP contribution in [0.15, 0.2) is 12.7 Å². The molecule has 12 heavy (non-hydrogen) atoms. The van der Waals surface area contributed by atoms with Gasteiger partial charge in [0.25, 0.3) is 0 Å². The second-order valence-corrected chi connectivity index (χ2v) is 4.71. The average molecular weight is 191 g/mol. The monoisotopic (exact) mass is 191 g/mol. The van der Waals surface area contributed by atoms with Gasteiger partial charge >= 0.3 is 0 Å². The van der Waals surface area contributed by atoms with Crippen molar-refractivity contribution in [2.24, 2.45) is 5.14 Å². The average Bonchev–Trinajstić information content (AvgIpc) is 1.95. The summed E-state index contributed by atoms with van der Waals surface area (Å²) in [5.74, 6) is 0. The molecule has 1 atom stereocenters. The normalized spacial score (nSPS) is 14.2. The maximum absolute atomic E-state index is 11.0. The Morgan fingerprint density at radius 3 is 2.42 bits per heavy atom. The first kappa shape index (κ1) is 11.6. The zero-order chi connectivity index (χ0) is 9.61. The summed E-state index contributed by atoms with van der Waals surface area (Å²) in [5.41, 5.74) is 0. The summed E-state index contributed by atoms with van der Waals surface area (Å²) < 4.78 is 21.9. The van der Waals surface area contributed by atoms with Crippen molar-refractivity contribution in [1.29, 1.82) is 0 Å². The smallest absolute Gasteiger partial charge is 0.211 e. The number of hydrogen-bond donors (Lipinski definition) is 1. The molecule has 0 rings (SSSR count). The number of hydrogen-bond acceptors (Lipinski definition) is 2. The first-order chi connectivity index (χ1) is 5.52. The van der Waals surface area contributed by atoms with Crippen molar-refractivity contribution in [3.63, 3.8) is 0 Å². The standard InChI is InChI=1S/C8H17NO2S/c1-3-5-7-8(6-4-2)12(9,10)11/h3,8H,1,4-7H2,2H3,(H2,9,10,11). The van der Waals surface area contributed by atoms with Gasteiger partial charge in [0.1, 0.15) is 0 Å². The summed E-state index contributed by atoms with van der Waals surface area (Å²) in [6.45, 7) is 5.49. The van der Waals surface area contributed by atoms with Crippen LogP contribution in [0.3, 0.4) is 0 Å². The van der Waals surface area contributed by atoms with E-state index in [1.54, 1.807) is 6.08 Å². The van der Waals surface area contributed by atoms with E-state index in [1.165, 1.54) is 0 Å². The third-order valence-electron chi connectivity index (χ3n) is 1.77. The van der Waals surface area contributed by atoms with Gasteiger partial charge in [0, 0.05) is 0 Å². The fraction of sp³-hybridized carbons (Fsp3) is 0.750. The van der Waals surface area contributed by atoms with Gasteiger partial charge in [0.05, 0.1) is 5.25 Å². The first-order valence-corrected chi connectivity index (χ1v) is 5.75. The highest BCUT2D eigenvalue weighted by Gasteiger charge is 2.18. The molecule has 0 spiro atoms. The van der Waals surface area contributed by atoms with E-state index in [0.717, 1.165) is 6.42 Å². The minimum absolute atomic E-state index is 0.388. The summed E-state index contributed by atoms with van der Waals surface area (Å²) in [7, 11) is -3.35. The van der Waals surface area contributed by atoms with Gasteiger partial charge in [-0.2, -0.15) is 0 Å². The van der Waals surface area contributed by atoms with E-state index in [-0.39, 0.29) is 5.25 Å². The molecule has 0 aromatic rings. The number of nitrogens with two attached hydrogens (primary N) is 1. The number of sulfonamides is 1. The molecule has 0 saturated carbocycles. The molecule has 0 fully saturated rings. The zero-order valence-electron chi connectivity index (χ0n) is 7.49. The molecular formula is C8H17NO2S. The van der Waals surface area contributed by atoms with Crippen LogP contribution in [0.5, 0.6) is 0 Å². The molecule has 0 bridgehead atoms. The lowest BCUT2D eigenvalue weighted by molar-refractivity contribution is 0.560. The summed E-state index contributed by atoms with van der Waals surface area (Å²) in [6, 6.07) is 0. The van der Waals surface area contributed by atoms with Crippen LogP contribution in [0.2, 0.25) is 0 Å². The Morgan fingerprint density at radius 1 is 1.50 bits per heavy atom. The molecule has 0 aromatic heterocycles. The highest BCUT2D eigenvalue weighted by molar-refractivity contribution is 7.89. The Bertz CT molecular complexity index is 221. The topological polar surface area (TPSA) is 60.2 Å². The highest BCUT2D eigenvalue weighted by atomic mass is 32.2. The highest BCUT2D eigenvalue weighted by Crippen LogP contribution is 2.11. The maximum atomic E-state index is 11.0. The molecule has 2 N–H and O–H groups in total. The summed E-state index contributed by atoms with van der Waals surface area (Å²) in [6.07, 6.45) is 4.51. The van der Waals surface area contributed by atoms with Gasteiger partial charge in [0.2, 0.25) is 10.0 Å². The Morgan fingerprint density at radius 2 is 2.08 bits per heavy atom. The van der Waals surface area contributed by atoms with Gasteiger partial charge in [-0.3, -0.25) is 0 Å². The van der Waals surface area contributed by atoms with Crippen LogP contribution in [0.4, 0.5) is 0 Å². The fourth-order valence-corrected chi connectivity index (χ4v) is 2.13. The first-order valence-electron chi connectivity index (χ1n) is 4.14. The molecule has 72 valence electrons. The predicted octanol–water partition coefficient (Wildman–Crippen LogP) is 1.41. The number of allylic oxidation sites excluding steroid dienone is 1. The van der Waals surface area contributed by atoms with Crippen LogP contribution in [-0.2, 0) is 10.0 Å². The Hall–Kier alpha value is -0.350. The van der Waals surface area contributed by atoms with Crippen LogP contribution in [0, 0.1) is 0 Å². The molecule has 1 unspecified atom stereocenters. The third-order valence-corrected chi connectivity index (χ3v) is 3.17. The van der Waals surface area contributed by atoms with Crippen molar-refractivity contribution in [1.82, 2.24) is 0 Å². The van der Waals surface area contributed by atoms with E-state index >= 15 is 0 Å². The molecule has 0 radical (unpaired) electrons. The lowest BCUT2D eigenvalue weighted by Gasteiger charge is -2.11. The SMILES string of the molecule is C=CCCC(CCC)S(N)(=O)=O. The predicted molar refractivity (Wildman–Crippen MR) is 51.2 cm³/mol. The van der Waals surface area contributed by atoms with Gasteiger partial charge < -0.3 is 0 Å². The Kier molecular flexibility index (Phi) is 5.17. The van der Waals surface area contributed by atoms with E-state index < -0.39 is 10.0 Å². The Balaban J connectivity index is 4.13. The van der Waals surface area contributed by atoms with E-state index in [1.807, 2.05) is 6.92 Å². The van der Waals surface area contributed by atoms with Crippen molar-refractivity contribution in [3.05, 3.63) is 12.7 Å². The van der Waals surface area contributed by atoms with Crippen LogP contribution < -0.4 is 5.14 Å². The molecule has 0 aromatic carbocycles. The van der Waals surface area contributed by atoms with Crippen LogP contribution in [-0.4, -0.2) is 13.7 Å². The fourth-order valence-electron chi connectivity index (χ4n) is 1.10. The van der Waals surface area contributed by atoms with E-state index in [0.29, 0.717) is 19.3 Å². The molecule has 0 aliphatic carbocycles. The molecule has 0 heterocycles. The van der Waals surface area contributed by atoms with E-state index in [2.05, 4.69) is 6.58 Å². The largest absolute Gasteiger partial charge is 0.228 e. The van der Waals surface area contributed by atoms with Gasteiger partial charge in [-0.15, -0.1) is 6.58 Å². The third kappa shape index (κ3) is 4.51. The van der Waals surface area contributed by atoms with Crippen molar-refractivity contribution in [3.8, 4) is 0 Å². The number of primary sulfonamides is 1.